The minimum atomic E-state index is -0.226. The van der Waals surface area contributed by atoms with Gasteiger partial charge in [-0.2, -0.15) is 0 Å². The van der Waals surface area contributed by atoms with E-state index in [2.05, 4.69) is 10.3 Å². The van der Waals surface area contributed by atoms with E-state index in [1.54, 1.807) is 12.3 Å². The number of aromatic nitrogens is 2. The molecule has 0 atom stereocenters. The number of nitrogens with zero attached hydrogens (tertiary/aromatic N) is 2. The molecule has 26 heavy (non-hydrogen) atoms. The summed E-state index contributed by atoms with van der Waals surface area (Å²) in [5.74, 6) is -0.226. The lowest BCUT2D eigenvalue weighted by molar-refractivity contribution is 0.103. The van der Waals surface area contributed by atoms with E-state index in [9.17, 15) is 9.59 Å². The van der Waals surface area contributed by atoms with Gasteiger partial charge in [0.1, 0.15) is 10.5 Å². The molecule has 0 saturated carbocycles. The Balaban J connectivity index is 1.81. The Kier molecular flexibility index (Phi) is 3.85. The molecule has 0 radical (unpaired) electrons. The van der Waals surface area contributed by atoms with Crippen LogP contribution in [0.25, 0.3) is 15.9 Å². The molecule has 4 aromatic rings. The first-order chi connectivity index (χ1) is 12.5. The van der Waals surface area contributed by atoms with E-state index >= 15 is 0 Å². The minimum Gasteiger partial charge on any atom is -0.321 e. The fourth-order valence-corrected chi connectivity index (χ4v) is 3.97. The molecule has 4 rings (SSSR count). The van der Waals surface area contributed by atoms with Crippen molar-refractivity contribution in [2.45, 2.75) is 20.8 Å². The molecular weight excluding hydrogens is 346 g/mol. The van der Waals surface area contributed by atoms with Gasteiger partial charge in [0, 0.05) is 11.9 Å². The fraction of sp³-hybridized carbons (Fsp3) is 0.150. The van der Waals surface area contributed by atoms with Crippen LogP contribution in [0, 0.1) is 20.8 Å². The van der Waals surface area contributed by atoms with Crippen molar-refractivity contribution in [1.29, 1.82) is 0 Å². The third-order valence-corrected chi connectivity index (χ3v) is 5.50. The summed E-state index contributed by atoms with van der Waals surface area (Å²) in [6, 6.07) is 11.2. The van der Waals surface area contributed by atoms with E-state index < -0.39 is 0 Å². The predicted molar refractivity (Wildman–Crippen MR) is 105 cm³/mol. The number of thiophene rings is 1. The number of hydrogen-bond donors (Lipinski definition) is 1. The lowest BCUT2D eigenvalue weighted by atomic mass is 10.1. The Labute approximate surface area is 153 Å². The lowest BCUT2D eigenvalue weighted by Gasteiger charge is -2.10. The molecule has 5 nitrogen and oxygen atoms in total. The number of fused-ring (bicyclic) bond motifs is 2. The summed E-state index contributed by atoms with van der Waals surface area (Å²) in [6.07, 6.45) is 1.70. The number of aryl methyl sites for hydroxylation is 3. The van der Waals surface area contributed by atoms with Gasteiger partial charge in [-0.15, -0.1) is 11.3 Å². The zero-order valence-corrected chi connectivity index (χ0v) is 15.5. The predicted octanol–water partition coefficient (Wildman–Crippen LogP) is 4.09. The van der Waals surface area contributed by atoms with E-state index in [1.165, 1.54) is 15.7 Å². The molecule has 0 aliphatic rings. The molecule has 0 spiro atoms. The molecule has 3 aromatic heterocycles. The number of nitrogens with one attached hydrogen (secondary N) is 1. The second kappa shape index (κ2) is 6.07. The standard InChI is InChI=1S/C20H17N3O2S/c1-11-6-4-7-12(2)16(11)21-18(24)15-10-14-19(26-15)22-17-13(3)8-5-9-23(17)20(14)25/h4-10H,1-3H3,(H,21,24). The molecule has 0 fully saturated rings. The summed E-state index contributed by atoms with van der Waals surface area (Å²) in [5, 5.41) is 3.43. The number of rotatable bonds is 2. The van der Waals surface area contributed by atoms with Gasteiger partial charge in [-0.25, -0.2) is 4.98 Å². The van der Waals surface area contributed by atoms with Crippen LogP contribution in [0.2, 0.25) is 0 Å². The number of benzene rings is 1. The van der Waals surface area contributed by atoms with E-state index in [0.717, 1.165) is 22.4 Å². The van der Waals surface area contributed by atoms with Gasteiger partial charge in [-0.3, -0.25) is 14.0 Å². The van der Waals surface area contributed by atoms with Crippen molar-refractivity contribution in [2.24, 2.45) is 0 Å². The van der Waals surface area contributed by atoms with E-state index in [1.807, 2.05) is 51.1 Å². The molecule has 0 unspecified atom stereocenters. The number of anilines is 1. The van der Waals surface area contributed by atoms with E-state index in [4.69, 9.17) is 0 Å². The smallest absolute Gasteiger partial charge is 0.266 e. The van der Waals surface area contributed by atoms with Gasteiger partial charge in [0.05, 0.1) is 10.3 Å². The Bertz CT molecular complexity index is 1220. The highest BCUT2D eigenvalue weighted by Gasteiger charge is 2.16. The zero-order valence-electron chi connectivity index (χ0n) is 14.7. The Hall–Kier alpha value is -2.99. The van der Waals surface area contributed by atoms with Gasteiger partial charge < -0.3 is 5.32 Å². The number of carbonyl (C=O) groups is 1. The van der Waals surface area contributed by atoms with Crippen molar-refractivity contribution in [3.63, 3.8) is 0 Å². The molecule has 1 amide bonds. The van der Waals surface area contributed by atoms with Crippen molar-refractivity contribution in [1.82, 2.24) is 9.38 Å². The van der Waals surface area contributed by atoms with Crippen LogP contribution in [-0.2, 0) is 0 Å². The van der Waals surface area contributed by atoms with Crippen LogP contribution in [0.4, 0.5) is 5.69 Å². The van der Waals surface area contributed by atoms with Gasteiger partial charge in [0.25, 0.3) is 11.5 Å². The lowest BCUT2D eigenvalue weighted by Crippen LogP contribution is -2.15. The molecule has 0 saturated heterocycles. The number of carbonyl (C=O) groups excluding carboxylic acids is 1. The molecule has 130 valence electrons. The molecule has 0 aliphatic carbocycles. The quantitative estimate of drug-likeness (QED) is 0.583. The van der Waals surface area contributed by atoms with Crippen LogP contribution in [0.3, 0.4) is 0 Å². The third kappa shape index (κ3) is 2.59. The average Bonchev–Trinajstić information content (AvgIpc) is 3.04. The summed E-state index contributed by atoms with van der Waals surface area (Å²) < 4.78 is 1.53. The maximum absolute atomic E-state index is 12.7. The first-order valence-electron chi connectivity index (χ1n) is 8.25. The molecule has 0 aliphatic heterocycles. The third-order valence-electron chi connectivity index (χ3n) is 4.47. The number of pyridine rings is 1. The van der Waals surface area contributed by atoms with Crippen LogP contribution in [0.5, 0.6) is 0 Å². The number of para-hydroxylation sites is 1. The van der Waals surface area contributed by atoms with Gasteiger partial charge in [0.15, 0.2) is 0 Å². The van der Waals surface area contributed by atoms with Crippen molar-refractivity contribution in [3.05, 3.63) is 74.5 Å². The average molecular weight is 363 g/mol. The monoisotopic (exact) mass is 363 g/mol. The second-order valence-corrected chi connectivity index (χ2v) is 7.38. The van der Waals surface area contributed by atoms with Crippen LogP contribution in [0.15, 0.2) is 47.4 Å². The van der Waals surface area contributed by atoms with Crippen molar-refractivity contribution in [3.8, 4) is 0 Å². The highest BCUT2D eigenvalue weighted by molar-refractivity contribution is 7.20. The summed E-state index contributed by atoms with van der Waals surface area (Å²) in [4.78, 5) is 31.1. The topological polar surface area (TPSA) is 63.5 Å². The van der Waals surface area contributed by atoms with Gasteiger partial charge in [-0.05, 0) is 49.6 Å². The van der Waals surface area contributed by atoms with Gasteiger partial charge in [-0.1, -0.05) is 24.3 Å². The Morgan fingerprint density at radius 1 is 1.08 bits per heavy atom. The largest absolute Gasteiger partial charge is 0.321 e. The summed E-state index contributed by atoms with van der Waals surface area (Å²) in [6.45, 7) is 5.82. The highest BCUT2D eigenvalue weighted by atomic mass is 32.1. The first-order valence-corrected chi connectivity index (χ1v) is 9.06. The van der Waals surface area contributed by atoms with Crippen molar-refractivity contribution >= 4 is 38.8 Å². The molecule has 6 heteroatoms. The molecule has 3 heterocycles. The summed E-state index contributed by atoms with van der Waals surface area (Å²) >= 11 is 1.24. The van der Waals surface area contributed by atoms with Gasteiger partial charge in [0.2, 0.25) is 0 Å². The molecule has 1 N–H and O–H groups in total. The SMILES string of the molecule is Cc1cccc(C)c1NC(=O)c1cc2c(=O)n3cccc(C)c3nc2s1. The van der Waals surface area contributed by atoms with Crippen LogP contribution in [-0.4, -0.2) is 15.3 Å². The fourth-order valence-electron chi connectivity index (χ4n) is 3.06. The number of hydrogen-bond acceptors (Lipinski definition) is 4. The maximum atomic E-state index is 12.7. The van der Waals surface area contributed by atoms with E-state index in [-0.39, 0.29) is 11.5 Å². The van der Waals surface area contributed by atoms with E-state index in [0.29, 0.717) is 20.7 Å². The van der Waals surface area contributed by atoms with Crippen LogP contribution >= 0.6 is 11.3 Å². The van der Waals surface area contributed by atoms with Gasteiger partial charge >= 0.3 is 0 Å². The maximum Gasteiger partial charge on any atom is 0.266 e. The molecule has 1 aromatic carbocycles. The van der Waals surface area contributed by atoms with Crippen molar-refractivity contribution < 1.29 is 4.79 Å². The first kappa shape index (κ1) is 16.5. The Morgan fingerprint density at radius 2 is 1.77 bits per heavy atom. The summed E-state index contributed by atoms with van der Waals surface area (Å²) in [5.41, 5.74) is 4.18. The Morgan fingerprint density at radius 3 is 2.50 bits per heavy atom. The van der Waals surface area contributed by atoms with Crippen LogP contribution in [0.1, 0.15) is 26.4 Å². The summed E-state index contributed by atoms with van der Waals surface area (Å²) in [7, 11) is 0. The molecular formula is C20H17N3O2S. The van der Waals surface area contributed by atoms with Crippen LogP contribution < -0.4 is 10.9 Å². The minimum absolute atomic E-state index is 0.156. The molecule has 0 bridgehead atoms. The second-order valence-electron chi connectivity index (χ2n) is 6.35. The normalized spacial score (nSPS) is 11.2. The zero-order chi connectivity index (χ0) is 18.4. The number of amides is 1. The highest BCUT2D eigenvalue weighted by Crippen LogP contribution is 2.25. The van der Waals surface area contributed by atoms with Crippen molar-refractivity contribution in [2.75, 3.05) is 5.32 Å².